The third-order valence-electron chi connectivity index (χ3n) is 3.32. The van der Waals surface area contributed by atoms with Crippen LogP contribution in [0.4, 0.5) is 10.1 Å². The van der Waals surface area contributed by atoms with Crippen LogP contribution in [0.15, 0.2) is 48.7 Å². The molecule has 0 aliphatic carbocycles. The molecule has 1 aromatic heterocycles. The highest BCUT2D eigenvalue weighted by Crippen LogP contribution is 2.24. The number of rotatable bonds is 2. The van der Waals surface area contributed by atoms with Crippen LogP contribution in [0.2, 0.25) is 0 Å². The van der Waals surface area contributed by atoms with Gasteiger partial charge in [-0.3, -0.25) is 0 Å². The summed E-state index contributed by atoms with van der Waals surface area (Å²) in [5.74, 6) is -0.199. The van der Waals surface area contributed by atoms with E-state index in [4.69, 9.17) is 5.73 Å². The molecule has 1 heterocycles. The fourth-order valence-electron chi connectivity index (χ4n) is 2.56. The Morgan fingerprint density at radius 3 is 2.79 bits per heavy atom. The molecule has 19 heavy (non-hydrogen) atoms. The van der Waals surface area contributed by atoms with Crippen LogP contribution in [-0.4, -0.2) is 4.57 Å². The Labute approximate surface area is 111 Å². The van der Waals surface area contributed by atoms with Crippen molar-refractivity contribution in [3.63, 3.8) is 0 Å². The van der Waals surface area contributed by atoms with Gasteiger partial charge in [0.2, 0.25) is 0 Å². The van der Waals surface area contributed by atoms with Gasteiger partial charge in [-0.1, -0.05) is 12.1 Å². The number of fused-ring (bicyclic) bond motifs is 1. The molecule has 3 heteroatoms. The quantitative estimate of drug-likeness (QED) is 0.694. The van der Waals surface area contributed by atoms with Gasteiger partial charge in [0.1, 0.15) is 5.82 Å². The second-order valence-electron chi connectivity index (χ2n) is 4.85. The SMILES string of the molecule is Cc1cc(N)cc2ccn(Cc3cccc(F)c3)c12. The molecule has 0 saturated heterocycles. The van der Waals surface area contributed by atoms with E-state index in [2.05, 4.69) is 4.57 Å². The van der Waals surface area contributed by atoms with Gasteiger partial charge in [0.15, 0.2) is 0 Å². The molecule has 2 nitrogen and oxygen atoms in total. The first-order valence-corrected chi connectivity index (χ1v) is 6.23. The summed E-state index contributed by atoms with van der Waals surface area (Å²) in [6, 6.07) is 12.7. The van der Waals surface area contributed by atoms with Crippen molar-refractivity contribution in [2.45, 2.75) is 13.5 Å². The third kappa shape index (κ3) is 2.19. The smallest absolute Gasteiger partial charge is 0.123 e. The molecule has 2 aromatic carbocycles. The van der Waals surface area contributed by atoms with Gasteiger partial charge in [0, 0.05) is 23.8 Å². The Bertz CT molecular complexity index is 744. The Morgan fingerprint density at radius 1 is 1.16 bits per heavy atom. The van der Waals surface area contributed by atoms with Crippen LogP contribution in [0.1, 0.15) is 11.1 Å². The van der Waals surface area contributed by atoms with Gasteiger partial charge in [0.05, 0.1) is 5.52 Å². The highest BCUT2D eigenvalue weighted by Gasteiger charge is 2.06. The second kappa shape index (κ2) is 4.43. The first-order valence-electron chi connectivity index (χ1n) is 6.23. The normalized spacial score (nSPS) is 11.1. The second-order valence-corrected chi connectivity index (χ2v) is 4.85. The van der Waals surface area contributed by atoms with E-state index in [0.717, 1.165) is 27.7 Å². The van der Waals surface area contributed by atoms with Crippen LogP contribution in [0.3, 0.4) is 0 Å². The number of benzene rings is 2. The predicted octanol–water partition coefficient (Wildman–Crippen LogP) is 3.72. The molecule has 0 radical (unpaired) electrons. The summed E-state index contributed by atoms with van der Waals surface area (Å²) in [6.07, 6.45) is 2.02. The minimum Gasteiger partial charge on any atom is -0.399 e. The highest BCUT2D eigenvalue weighted by molar-refractivity contribution is 5.86. The summed E-state index contributed by atoms with van der Waals surface area (Å²) >= 11 is 0. The molecule has 0 saturated carbocycles. The number of nitrogens with zero attached hydrogens (tertiary/aromatic N) is 1. The van der Waals surface area contributed by atoms with Gasteiger partial charge in [-0.15, -0.1) is 0 Å². The standard InChI is InChI=1S/C16H15FN2/c1-11-7-15(18)9-13-5-6-19(16(11)13)10-12-3-2-4-14(17)8-12/h2-9H,10,18H2,1H3. The number of halogens is 1. The van der Waals surface area contributed by atoms with Gasteiger partial charge in [0.25, 0.3) is 0 Å². The topological polar surface area (TPSA) is 30.9 Å². The van der Waals surface area contributed by atoms with Crippen molar-refractivity contribution >= 4 is 16.6 Å². The monoisotopic (exact) mass is 254 g/mol. The van der Waals surface area contributed by atoms with Crippen molar-refractivity contribution in [2.75, 3.05) is 5.73 Å². The predicted molar refractivity (Wildman–Crippen MR) is 76.6 cm³/mol. The molecule has 2 N–H and O–H groups in total. The van der Waals surface area contributed by atoms with Gasteiger partial charge >= 0.3 is 0 Å². The maximum Gasteiger partial charge on any atom is 0.123 e. The first-order chi connectivity index (χ1) is 9.13. The minimum absolute atomic E-state index is 0.199. The summed E-state index contributed by atoms with van der Waals surface area (Å²) in [7, 11) is 0. The molecule has 3 rings (SSSR count). The molecule has 0 amide bonds. The maximum absolute atomic E-state index is 13.2. The summed E-state index contributed by atoms with van der Waals surface area (Å²) in [5.41, 5.74) is 9.86. The number of hydrogen-bond acceptors (Lipinski definition) is 1. The number of anilines is 1. The Kier molecular flexibility index (Phi) is 2.75. The van der Waals surface area contributed by atoms with Gasteiger partial charge in [-0.2, -0.15) is 0 Å². The average molecular weight is 254 g/mol. The molecule has 0 fully saturated rings. The minimum atomic E-state index is -0.199. The van der Waals surface area contributed by atoms with Crippen molar-refractivity contribution in [2.24, 2.45) is 0 Å². The lowest BCUT2D eigenvalue weighted by atomic mass is 10.1. The zero-order valence-electron chi connectivity index (χ0n) is 10.7. The van der Waals surface area contributed by atoms with Crippen LogP contribution >= 0.6 is 0 Å². The number of hydrogen-bond donors (Lipinski definition) is 1. The Balaban J connectivity index is 2.06. The molecule has 0 aliphatic heterocycles. The third-order valence-corrected chi connectivity index (χ3v) is 3.32. The average Bonchev–Trinajstić information content (AvgIpc) is 2.72. The van der Waals surface area contributed by atoms with Crippen molar-refractivity contribution in [3.05, 3.63) is 65.6 Å². The van der Waals surface area contributed by atoms with Crippen molar-refractivity contribution in [1.29, 1.82) is 0 Å². The van der Waals surface area contributed by atoms with Crippen LogP contribution in [-0.2, 0) is 6.54 Å². The van der Waals surface area contributed by atoms with E-state index in [1.807, 2.05) is 37.4 Å². The molecular weight excluding hydrogens is 239 g/mol. The fourth-order valence-corrected chi connectivity index (χ4v) is 2.56. The number of nitrogens with two attached hydrogens (primary N) is 1. The van der Waals surface area contributed by atoms with Crippen molar-refractivity contribution in [1.82, 2.24) is 4.57 Å². The summed E-state index contributed by atoms with van der Waals surface area (Å²) in [6.45, 7) is 2.70. The molecule has 96 valence electrons. The molecule has 0 bridgehead atoms. The lowest BCUT2D eigenvalue weighted by Gasteiger charge is -2.08. The molecule has 0 aliphatic rings. The van der Waals surface area contributed by atoms with Crippen molar-refractivity contribution < 1.29 is 4.39 Å². The first kappa shape index (κ1) is 11.8. The van der Waals surface area contributed by atoms with Crippen LogP contribution < -0.4 is 5.73 Å². The number of nitrogen functional groups attached to an aromatic ring is 1. The van der Waals surface area contributed by atoms with E-state index in [0.29, 0.717) is 6.54 Å². The van der Waals surface area contributed by atoms with E-state index in [1.165, 1.54) is 6.07 Å². The lowest BCUT2D eigenvalue weighted by molar-refractivity contribution is 0.624. The van der Waals surface area contributed by atoms with Gasteiger partial charge < -0.3 is 10.3 Å². The largest absolute Gasteiger partial charge is 0.399 e. The molecule has 3 aromatic rings. The summed E-state index contributed by atoms with van der Waals surface area (Å²) < 4.78 is 15.3. The highest BCUT2D eigenvalue weighted by atomic mass is 19.1. The van der Waals surface area contributed by atoms with Gasteiger partial charge in [-0.05, 0) is 48.4 Å². The van der Waals surface area contributed by atoms with E-state index < -0.39 is 0 Å². The fraction of sp³-hybridized carbons (Fsp3) is 0.125. The number of aryl methyl sites for hydroxylation is 1. The lowest BCUT2D eigenvalue weighted by Crippen LogP contribution is -1.99. The van der Waals surface area contributed by atoms with E-state index in [9.17, 15) is 4.39 Å². The Hall–Kier alpha value is -2.29. The van der Waals surface area contributed by atoms with E-state index in [1.54, 1.807) is 12.1 Å². The summed E-state index contributed by atoms with van der Waals surface area (Å²) in [4.78, 5) is 0. The molecule has 0 unspecified atom stereocenters. The number of aromatic nitrogens is 1. The van der Waals surface area contributed by atoms with E-state index in [-0.39, 0.29) is 5.82 Å². The zero-order valence-corrected chi connectivity index (χ0v) is 10.7. The Morgan fingerprint density at radius 2 is 2.00 bits per heavy atom. The summed E-state index contributed by atoms with van der Waals surface area (Å²) in [5, 5.41) is 1.12. The maximum atomic E-state index is 13.2. The van der Waals surface area contributed by atoms with Crippen LogP contribution in [0, 0.1) is 12.7 Å². The van der Waals surface area contributed by atoms with Gasteiger partial charge in [-0.25, -0.2) is 4.39 Å². The van der Waals surface area contributed by atoms with E-state index >= 15 is 0 Å². The van der Waals surface area contributed by atoms with Crippen molar-refractivity contribution in [3.8, 4) is 0 Å². The molecule has 0 spiro atoms. The van der Waals surface area contributed by atoms with Crippen LogP contribution in [0.5, 0.6) is 0 Å². The van der Waals surface area contributed by atoms with Crippen LogP contribution in [0.25, 0.3) is 10.9 Å². The zero-order chi connectivity index (χ0) is 13.4. The molecular formula is C16H15FN2. The molecule has 0 atom stereocenters.